The lowest BCUT2D eigenvalue weighted by Gasteiger charge is -1.86. The second-order valence-electron chi connectivity index (χ2n) is 3.38. The van der Waals surface area contributed by atoms with E-state index in [2.05, 4.69) is 0 Å². The molecule has 0 N–H and O–H groups in total. The van der Waals surface area contributed by atoms with Crippen LogP contribution < -0.4 is 10.2 Å². The molecule has 4 heteroatoms. The van der Waals surface area contributed by atoms with Gasteiger partial charge in [0.05, 0.1) is 10.1 Å². The fourth-order valence-electron chi connectivity index (χ4n) is 1.67. The van der Waals surface area contributed by atoms with E-state index in [-0.39, 0.29) is 10.2 Å². The van der Waals surface area contributed by atoms with Crippen LogP contribution in [-0.2, 0) is 0 Å². The summed E-state index contributed by atoms with van der Waals surface area (Å²) in [5, 5.41) is 2.95. The summed E-state index contributed by atoms with van der Waals surface area (Å²) in [5.41, 5.74) is -0.0426. The smallest absolute Gasteiger partial charge is 0.241 e. The highest BCUT2D eigenvalue weighted by Gasteiger charge is 2.06. The Kier molecular flexibility index (Phi) is 2.12. The van der Waals surface area contributed by atoms with Crippen LogP contribution in [0.15, 0.2) is 45.3 Å². The van der Waals surface area contributed by atoms with Crippen LogP contribution in [0.1, 0.15) is 0 Å². The summed E-state index contributed by atoms with van der Waals surface area (Å²) in [6.07, 6.45) is 0. The standard InChI is InChI=1S/C12H6O2S2/c13-10-7-3-1-2-4-9(7)16-12(14)8-5-6-15-11(8)10/h1-6H. The average molecular weight is 246 g/mol. The van der Waals surface area contributed by atoms with Crippen LogP contribution in [0, 0.1) is 0 Å². The van der Waals surface area contributed by atoms with Gasteiger partial charge >= 0.3 is 0 Å². The van der Waals surface area contributed by atoms with Gasteiger partial charge < -0.3 is 0 Å². The van der Waals surface area contributed by atoms with Gasteiger partial charge in [0.1, 0.15) is 0 Å². The Morgan fingerprint density at radius 2 is 1.75 bits per heavy atom. The molecule has 0 spiro atoms. The highest BCUT2D eigenvalue weighted by molar-refractivity contribution is 7.19. The molecule has 3 rings (SSSR count). The molecule has 2 aromatic heterocycles. The molecule has 0 radical (unpaired) electrons. The van der Waals surface area contributed by atoms with E-state index in [9.17, 15) is 9.59 Å². The van der Waals surface area contributed by atoms with E-state index in [4.69, 9.17) is 0 Å². The van der Waals surface area contributed by atoms with E-state index in [0.717, 1.165) is 16.0 Å². The molecule has 0 aliphatic carbocycles. The van der Waals surface area contributed by atoms with Crippen LogP contribution in [0.4, 0.5) is 0 Å². The summed E-state index contributed by atoms with van der Waals surface area (Å²) in [5.74, 6) is 0. The van der Waals surface area contributed by atoms with Gasteiger partial charge in [0.15, 0.2) is 0 Å². The molecular formula is C12H6O2S2. The summed E-state index contributed by atoms with van der Waals surface area (Å²) in [7, 11) is 0. The number of fused-ring (bicyclic) bond motifs is 2. The van der Waals surface area contributed by atoms with Crippen LogP contribution in [0.5, 0.6) is 0 Å². The van der Waals surface area contributed by atoms with Gasteiger partial charge in [-0.05, 0) is 23.6 Å². The van der Waals surface area contributed by atoms with Gasteiger partial charge in [-0.15, -0.1) is 11.3 Å². The fourth-order valence-corrected chi connectivity index (χ4v) is 3.47. The fraction of sp³-hybridized carbons (Fsp3) is 0. The van der Waals surface area contributed by atoms with Crippen molar-refractivity contribution in [3.63, 3.8) is 0 Å². The predicted octanol–water partition coefficient (Wildman–Crippen LogP) is 2.84. The van der Waals surface area contributed by atoms with Crippen molar-refractivity contribution in [3.8, 4) is 0 Å². The molecule has 0 amide bonds. The number of hydrogen-bond donors (Lipinski definition) is 0. The second-order valence-corrected chi connectivity index (χ2v) is 5.31. The Labute approximate surface area is 98.4 Å². The molecule has 2 heterocycles. The van der Waals surface area contributed by atoms with Gasteiger partial charge in [-0.25, -0.2) is 0 Å². The minimum atomic E-state index is -0.0467. The first-order valence-electron chi connectivity index (χ1n) is 4.71. The molecule has 78 valence electrons. The molecule has 3 aromatic rings. The normalized spacial score (nSPS) is 11.0. The lowest BCUT2D eigenvalue weighted by molar-refractivity contribution is 1.80. The summed E-state index contributed by atoms with van der Waals surface area (Å²) >= 11 is 2.46. The Morgan fingerprint density at radius 3 is 2.62 bits per heavy atom. The van der Waals surface area contributed by atoms with Gasteiger partial charge in [0, 0.05) is 10.1 Å². The van der Waals surface area contributed by atoms with E-state index >= 15 is 0 Å². The van der Waals surface area contributed by atoms with E-state index in [0.29, 0.717) is 15.5 Å². The minimum Gasteiger partial charge on any atom is -0.288 e. The molecule has 0 aliphatic rings. The Balaban J connectivity index is 2.80. The first kappa shape index (κ1) is 9.69. The first-order chi connectivity index (χ1) is 7.77. The van der Waals surface area contributed by atoms with E-state index in [1.807, 2.05) is 18.2 Å². The minimum absolute atomic E-state index is 0.0426. The molecule has 0 fully saturated rings. The van der Waals surface area contributed by atoms with Gasteiger partial charge in [-0.1, -0.05) is 23.5 Å². The van der Waals surface area contributed by atoms with Crippen LogP contribution in [0.25, 0.3) is 20.2 Å². The van der Waals surface area contributed by atoms with E-state index < -0.39 is 0 Å². The van der Waals surface area contributed by atoms with Crippen LogP contribution in [0.2, 0.25) is 0 Å². The monoisotopic (exact) mass is 246 g/mol. The molecule has 1 aromatic carbocycles. The number of benzene rings is 1. The third kappa shape index (κ3) is 1.31. The molecule has 16 heavy (non-hydrogen) atoms. The van der Waals surface area contributed by atoms with E-state index in [1.165, 1.54) is 11.3 Å². The van der Waals surface area contributed by atoms with Crippen molar-refractivity contribution in [2.24, 2.45) is 0 Å². The van der Waals surface area contributed by atoms with Crippen LogP contribution in [0.3, 0.4) is 0 Å². The van der Waals surface area contributed by atoms with Gasteiger partial charge in [-0.3, -0.25) is 9.59 Å². The summed E-state index contributed by atoms with van der Waals surface area (Å²) in [6, 6.07) is 8.96. The van der Waals surface area contributed by atoms with Crippen molar-refractivity contribution >= 4 is 42.8 Å². The largest absolute Gasteiger partial charge is 0.288 e. The zero-order valence-electron chi connectivity index (χ0n) is 8.10. The van der Waals surface area contributed by atoms with Crippen LogP contribution >= 0.6 is 22.7 Å². The Morgan fingerprint density at radius 1 is 0.938 bits per heavy atom. The zero-order valence-corrected chi connectivity index (χ0v) is 9.73. The maximum Gasteiger partial charge on any atom is 0.241 e. The first-order valence-corrected chi connectivity index (χ1v) is 6.40. The SMILES string of the molecule is O=c1sc2ccccc2c(=O)c2sccc12. The van der Waals surface area contributed by atoms with Crippen molar-refractivity contribution in [2.75, 3.05) is 0 Å². The predicted molar refractivity (Wildman–Crippen MR) is 69.7 cm³/mol. The number of thiophene rings is 1. The third-order valence-electron chi connectivity index (χ3n) is 2.43. The van der Waals surface area contributed by atoms with Gasteiger partial charge in [-0.2, -0.15) is 0 Å². The molecule has 0 saturated carbocycles. The Bertz CT molecular complexity index is 799. The molecule has 0 aliphatic heterocycles. The highest BCUT2D eigenvalue weighted by atomic mass is 32.1. The quantitative estimate of drug-likeness (QED) is 0.611. The molecule has 0 bridgehead atoms. The van der Waals surface area contributed by atoms with Gasteiger partial charge in [0.25, 0.3) is 0 Å². The zero-order chi connectivity index (χ0) is 11.1. The molecule has 2 nitrogen and oxygen atoms in total. The van der Waals surface area contributed by atoms with Crippen molar-refractivity contribution in [1.82, 2.24) is 0 Å². The van der Waals surface area contributed by atoms with Gasteiger partial charge in [0.2, 0.25) is 10.2 Å². The van der Waals surface area contributed by atoms with Crippen molar-refractivity contribution in [1.29, 1.82) is 0 Å². The summed E-state index contributed by atoms with van der Waals surface area (Å²) in [4.78, 5) is 24.1. The van der Waals surface area contributed by atoms with Crippen molar-refractivity contribution < 1.29 is 0 Å². The summed E-state index contributed by atoms with van der Waals surface area (Å²) < 4.78 is 1.26. The molecular weight excluding hydrogens is 240 g/mol. The second kappa shape index (κ2) is 3.50. The van der Waals surface area contributed by atoms with Crippen molar-refractivity contribution in [3.05, 3.63) is 55.5 Å². The lowest BCUT2D eigenvalue weighted by atomic mass is 10.2. The molecule has 0 atom stereocenters. The maximum atomic E-state index is 12.2. The average Bonchev–Trinajstić information content (AvgIpc) is 2.74. The maximum absolute atomic E-state index is 12.2. The number of rotatable bonds is 0. The molecule has 0 unspecified atom stereocenters. The third-order valence-corrected chi connectivity index (χ3v) is 4.32. The van der Waals surface area contributed by atoms with Crippen molar-refractivity contribution in [2.45, 2.75) is 0 Å². The van der Waals surface area contributed by atoms with Crippen LogP contribution in [-0.4, -0.2) is 0 Å². The number of hydrogen-bond acceptors (Lipinski definition) is 4. The molecule has 0 saturated heterocycles. The highest BCUT2D eigenvalue weighted by Crippen LogP contribution is 2.18. The lowest BCUT2D eigenvalue weighted by Crippen LogP contribution is -1.96. The topological polar surface area (TPSA) is 34.1 Å². The summed E-state index contributed by atoms with van der Waals surface area (Å²) in [6.45, 7) is 0. The van der Waals surface area contributed by atoms with E-state index in [1.54, 1.807) is 17.5 Å². The Hall–Kier alpha value is -1.52.